The molecular weight excluding hydrogens is 228 g/mol. The molecular formula is C15H14OS. The predicted molar refractivity (Wildman–Crippen MR) is 73.2 cm³/mol. The maximum Gasteiger partial charge on any atom is 0.219 e. The highest BCUT2D eigenvalue weighted by atomic mass is 32.2. The van der Waals surface area contributed by atoms with E-state index < -0.39 is 0 Å². The van der Waals surface area contributed by atoms with E-state index >= 15 is 0 Å². The summed E-state index contributed by atoms with van der Waals surface area (Å²) in [6.07, 6.45) is 0. The summed E-state index contributed by atoms with van der Waals surface area (Å²) >= 11 is 1.35. The first-order valence-corrected chi connectivity index (χ1v) is 6.52. The highest BCUT2D eigenvalue weighted by molar-refractivity contribution is 8.13. The summed E-state index contributed by atoms with van der Waals surface area (Å²) in [5, 5.41) is 0.131. The second kappa shape index (κ2) is 5.69. The molecule has 1 nitrogen and oxygen atoms in total. The molecule has 0 aliphatic carbocycles. The smallest absolute Gasteiger partial charge is 0.219 e. The molecule has 0 spiro atoms. The summed E-state index contributed by atoms with van der Waals surface area (Å²) in [6, 6.07) is 17.7. The van der Waals surface area contributed by atoms with Crippen LogP contribution in [-0.4, -0.2) is 5.12 Å². The Kier molecular flexibility index (Phi) is 3.99. The van der Waals surface area contributed by atoms with E-state index in [1.54, 1.807) is 0 Å². The van der Waals surface area contributed by atoms with Gasteiger partial charge in [-0.25, -0.2) is 0 Å². The topological polar surface area (TPSA) is 17.1 Å². The fraction of sp³-hybridized carbons (Fsp3) is 0.133. The van der Waals surface area contributed by atoms with Gasteiger partial charge in [0.2, 0.25) is 5.12 Å². The fourth-order valence-electron chi connectivity index (χ4n) is 1.49. The maximum atomic E-state index is 11.8. The van der Waals surface area contributed by atoms with Gasteiger partial charge in [0.15, 0.2) is 0 Å². The highest BCUT2D eigenvalue weighted by Gasteiger charge is 2.05. The van der Waals surface area contributed by atoms with Gasteiger partial charge in [-0.2, -0.15) is 0 Å². The fourth-order valence-corrected chi connectivity index (χ4v) is 2.28. The Bertz CT molecular complexity index is 488. The molecule has 0 aliphatic heterocycles. The largest absolute Gasteiger partial charge is 0.282 e. The van der Waals surface area contributed by atoms with E-state index in [2.05, 4.69) is 31.2 Å². The van der Waals surface area contributed by atoms with E-state index in [0.29, 0.717) is 0 Å². The molecule has 2 heteroatoms. The molecule has 0 N–H and O–H groups in total. The minimum Gasteiger partial charge on any atom is -0.282 e. The lowest BCUT2D eigenvalue weighted by atomic mass is 10.2. The Balaban J connectivity index is 1.95. The van der Waals surface area contributed by atoms with Gasteiger partial charge in [0.1, 0.15) is 0 Å². The first-order valence-electron chi connectivity index (χ1n) is 5.53. The molecule has 0 amide bonds. The molecule has 2 aromatic rings. The third kappa shape index (κ3) is 3.46. The van der Waals surface area contributed by atoms with Gasteiger partial charge >= 0.3 is 0 Å². The Morgan fingerprint density at radius 1 is 1.00 bits per heavy atom. The Labute approximate surface area is 106 Å². The molecule has 0 bridgehead atoms. The molecule has 0 heterocycles. The maximum absolute atomic E-state index is 11.8. The van der Waals surface area contributed by atoms with Crippen molar-refractivity contribution < 1.29 is 4.79 Å². The SMILES string of the molecule is Cc1ccc(CSC(=O)c2ccccc2)cc1. The first kappa shape index (κ1) is 11.9. The molecule has 0 aromatic heterocycles. The van der Waals surface area contributed by atoms with Crippen molar-refractivity contribution in [1.29, 1.82) is 0 Å². The Morgan fingerprint density at radius 2 is 1.65 bits per heavy atom. The van der Waals surface area contributed by atoms with Gasteiger partial charge in [-0.15, -0.1) is 0 Å². The first-order chi connectivity index (χ1) is 8.25. The summed E-state index contributed by atoms with van der Waals surface area (Å²) in [5.41, 5.74) is 3.20. The lowest BCUT2D eigenvalue weighted by Crippen LogP contribution is -1.93. The second-order valence-corrected chi connectivity index (χ2v) is 4.88. The molecule has 0 saturated heterocycles. The van der Waals surface area contributed by atoms with Crippen molar-refractivity contribution >= 4 is 16.9 Å². The van der Waals surface area contributed by atoms with E-state index in [4.69, 9.17) is 0 Å². The van der Waals surface area contributed by atoms with Crippen LogP contribution in [0.25, 0.3) is 0 Å². The molecule has 0 atom stereocenters. The van der Waals surface area contributed by atoms with Crippen LogP contribution in [0.5, 0.6) is 0 Å². The van der Waals surface area contributed by atoms with Crippen LogP contribution in [0.3, 0.4) is 0 Å². The van der Waals surface area contributed by atoms with Crippen LogP contribution in [0, 0.1) is 6.92 Å². The number of carbonyl (C=O) groups excluding carboxylic acids is 1. The molecule has 2 rings (SSSR count). The Morgan fingerprint density at radius 3 is 2.29 bits per heavy atom. The normalized spacial score (nSPS) is 10.2. The van der Waals surface area contributed by atoms with Crippen molar-refractivity contribution in [2.45, 2.75) is 12.7 Å². The average Bonchev–Trinajstić information content (AvgIpc) is 2.39. The van der Waals surface area contributed by atoms with E-state index in [1.165, 1.54) is 22.9 Å². The lowest BCUT2D eigenvalue weighted by molar-refractivity contribution is 0.108. The molecule has 0 unspecified atom stereocenters. The third-order valence-electron chi connectivity index (χ3n) is 2.50. The molecule has 86 valence electrons. The number of benzene rings is 2. The van der Waals surface area contributed by atoms with E-state index in [-0.39, 0.29) is 5.12 Å². The van der Waals surface area contributed by atoms with Crippen LogP contribution in [0.4, 0.5) is 0 Å². The predicted octanol–water partition coefficient (Wildman–Crippen LogP) is 4.07. The molecule has 0 radical (unpaired) electrons. The lowest BCUT2D eigenvalue weighted by Gasteiger charge is -2.02. The van der Waals surface area contributed by atoms with Crippen LogP contribution >= 0.6 is 11.8 Å². The summed E-state index contributed by atoms with van der Waals surface area (Å²) in [4.78, 5) is 11.8. The number of carbonyl (C=O) groups is 1. The quantitative estimate of drug-likeness (QED) is 0.807. The number of aryl methyl sites for hydroxylation is 1. The van der Waals surface area contributed by atoms with Gasteiger partial charge in [-0.1, -0.05) is 71.9 Å². The second-order valence-electron chi connectivity index (χ2n) is 3.93. The number of hydrogen-bond donors (Lipinski definition) is 0. The summed E-state index contributed by atoms with van der Waals surface area (Å²) in [7, 11) is 0. The third-order valence-corrected chi connectivity index (χ3v) is 3.48. The Hall–Kier alpha value is -1.54. The minimum atomic E-state index is 0.131. The van der Waals surface area contributed by atoms with E-state index in [0.717, 1.165) is 11.3 Å². The van der Waals surface area contributed by atoms with Gasteiger partial charge < -0.3 is 0 Å². The number of thioether (sulfide) groups is 1. The number of hydrogen-bond acceptors (Lipinski definition) is 2. The van der Waals surface area contributed by atoms with Crippen molar-refractivity contribution in [3.63, 3.8) is 0 Å². The highest BCUT2D eigenvalue weighted by Crippen LogP contribution is 2.18. The monoisotopic (exact) mass is 242 g/mol. The molecule has 0 fully saturated rings. The van der Waals surface area contributed by atoms with E-state index in [1.807, 2.05) is 30.3 Å². The van der Waals surface area contributed by atoms with E-state index in [9.17, 15) is 4.79 Å². The van der Waals surface area contributed by atoms with Gasteiger partial charge in [-0.3, -0.25) is 4.79 Å². The van der Waals surface area contributed by atoms with Crippen molar-refractivity contribution in [2.75, 3.05) is 0 Å². The standard InChI is InChI=1S/C15H14OS/c1-12-7-9-13(10-8-12)11-17-15(16)14-5-3-2-4-6-14/h2-10H,11H2,1H3. The summed E-state index contributed by atoms with van der Waals surface area (Å²) in [5.74, 6) is 0.730. The van der Waals surface area contributed by atoms with Gasteiger partial charge in [-0.05, 0) is 12.5 Å². The molecule has 0 aliphatic rings. The van der Waals surface area contributed by atoms with Gasteiger partial charge in [0.05, 0.1) is 0 Å². The van der Waals surface area contributed by atoms with Crippen molar-refractivity contribution in [2.24, 2.45) is 0 Å². The number of rotatable bonds is 3. The van der Waals surface area contributed by atoms with Crippen molar-refractivity contribution in [1.82, 2.24) is 0 Å². The molecule has 0 saturated carbocycles. The van der Waals surface area contributed by atoms with Crippen LogP contribution in [0.1, 0.15) is 21.5 Å². The van der Waals surface area contributed by atoms with Crippen LogP contribution in [-0.2, 0) is 5.75 Å². The van der Waals surface area contributed by atoms with Crippen LogP contribution < -0.4 is 0 Å². The summed E-state index contributed by atoms with van der Waals surface area (Å²) in [6.45, 7) is 2.06. The van der Waals surface area contributed by atoms with Crippen LogP contribution in [0.2, 0.25) is 0 Å². The summed E-state index contributed by atoms with van der Waals surface area (Å²) < 4.78 is 0. The zero-order valence-electron chi connectivity index (χ0n) is 9.72. The van der Waals surface area contributed by atoms with Gasteiger partial charge in [0, 0.05) is 11.3 Å². The van der Waals surface area contributed by atoms with Crippen molar-refractivity contribution in [3.05, 3.63) is 71.3 Å². The molecule has 2 aromatic carbocycles. The van der Waals surface area contributed by atoms with Crippen LogP contribution in [0.15, 0.2) is 54.6 Å². The zero-order valence-corrected chi connectivity index (χ0v) is 10.5. The van der Waals surface area contributed by atoms with Gasteiger partial charge in [0.25, 0.3) is 0 Å². The zero-order chi connectivity index (χ0) is 12.1. The molecule has 17 heavy (non-hydrogen) atoms. The van der Waals surface area contributed by atoms with Crippen molar-refractivity contribution in [3.8, 4) is 0 Å². The average molecular weight is 242 g/mol. The minimum absolute atomic E-state index is 0.131.